The van der Waals surface area contributed by atoms with Crippen molar-refractivity contribution in [2.24, 2.45) is 0 Å². The first-order valence-electron chi connectivity index (χ1n) is 6.80. The van der Waals surface area contributed by atoms with Crippen molar-refractivity contribution in [3.8, 4) is 23.2 Å². The second-order valence-corrected chi connectivity index (χ2v) is 4.74. The maximum absolute atomic E-state index is 8.77. The topological polar surface area (TPSA) is 71.9 Å². The second kappa shape index (κ2) is 6.10. The first-order valence-corrected chi connectivity index (χ1v) is 6.80. The Hall–Kier alpha value is -3.13. The van der Waals surface area contributed by atoms with Crippen molar-refractivity contribution in [1.82, 2.24) is 10.1 Å². The minimum atomic E-state index is -0.276. The van der Waals surface area contributed by atoms with Gasteiger partial charge in [-0.1, -0.05) is 35.5 Å². The first kappa shape index (κ1) is 13.8. The third-order valence-corrected chi connectivity index (χ3v) is 3.25. The zero-order valence-corrected chi connectivity index (χ0v) is 11.9. The molecule has 3 rings (SSSR count). The number of nitriles is 1. The van der Waals surface area contributed by atoms with Gasteiger partial charge in [-0.15, -0.1) is 0 Å². The lowest BCUT2D eigenvalue weighted by molar-refractivity contribution is 0.217. The Kier molecular flexibility index (Phi) is 3.84. The molecule has 0 saturated heterocycles. The fourth-order valence-electron chi connectivity index (χ4n) is 2.11. The van der Waals surface area contributed by atoms with Gasteiger partial charge in [-0.25, -0.2) is 4.98 Å². The summed E-state index contributed by atoms with van der Waals surface area (Å²) < 4.78 is 10.9. The lowest BCUT2D eigenvalue weighted by Gasteiger charge is -2.13. The summed E-state index contributed by atoms with van der Waals surface area (Å²) in [5, 5.41) is 12.8. The van der Waals surface area contributed by atoms with E-state index in [0.29, 0.717) is 11.4 Å². The Morgan fingerprint density at radius 1 is 1.18 bits per heavy atom. The maximum atomic E-state index is 8.77. The molecule has 0 amide bonds. The molecule has 108 valence electrons. The zero-order valence-electron chi connectivity index (χ0n) is 11.9. The van der Waals surface area contributed by atoms with Crippen LogP contribution in [0.15, 0.2) is 59.4 Å². The van der Waals surface area contributed by atoms with Crippen LogP contribution in [0.4, 0.5) is 0 Å². The number of ether oxygens (including phenoxy) is 1. The lowest BCUT2D eigenvalue weighted by atomic mass is 10.1. The van der Waals surface area contributed by atoms with Gasteiger partial charge in [-0.2, -0.15) is 5.26 Å². The van der Waals surface area contributed by atoms with Crippen LogP contribution in [-0.4, -0.2) is 10.1 Å². The summed E-state index contributed by atoms with van der Waals surface area (Å²) in [5.41, 5.74) is 3.06. The molecule has 0 aliphatic rings. The summed E-state index contributed by atoms with van der Waals surface area (Å²) >= 11 is 0. The Labute approximate surface area is 127 Å². The van der Waals surface area contributed by atoms with E-state index in [4.69, 9.17) is 14.5 Å². The van der Waals surface area contributed by atoms with Crippen molar-refractivity contribution in [3.63, 3.8) is 0 Å². The van der Waals surface area contributed by atoms with Crippen molar-refractivity contribution in [2.45, 2.75) is 13.0 Å². The summed E-state index contributed by atoms with van der Waals surface area (Å²) in [6, 6.07) is 15.1. The molecule has 22 heavy (non-hydrogen) atoms. The molecule has 1 atom stereocenters. The van der Waals surface area contributed by atoms with Crippen LogP contribution in [0.25, 0.3) is 11.3 Å². The fraction of sp³-hybridized carbons (Fsp3) is 0.118. The van der Waals surface area contributed by atoms with Crippen molar-refractivity contribution in [2.75, 3.05) is 0 Å². The quantitative estimate of drug-likeness (QED) is 0.732. The van der Waals surface area contributed by atoms with Crippen LogP contribution >= 0.6 is 0 Å². The molecule has 0 unspecified atom stereocenters. The smallest absolute Gasteiger partial charge is 0.213 e. The number of aromatic nitrogens is 2. The van der Waals surface area contributed by atoms with Crippen LogP contribution in [0.2, 0.25) is 0 Å². The third kappa shape index (κ3) is 2.81. The van der Waals surface area contributed by atoms with E-state index in [1.807, 2.05) is 43.3 Å². The van der Waals surface area contributed by atoms with Crippen LogP contribution in [0.5, 0.6) is 5.88 Å². The highest BCUT2D eigenvalue weighted by atomic mass is 16.5. The number of nitrogens with zero attached hydrogens (tertiary/aromatic N) is 3. The van der Waals surface area contributed by atoms with Gasteiger partial charge in [0, 0.05) is 17.8 Å². The number of pyridine rings is 1. The molecule has 3 aromatic rings. The van der Waals surface area contributed by atoms with Crippen LogP contribution in [-0.2, 0) is 0 Å². The molecule has 0 radical (unpaired) electrons. The van der Waals surface area contributed by atoms with E-state index in [1.165, 1.54) is 6.20 Å². The summed E-state index contributed by atoms with van der Waals surface area (Å²) in [5.74, 6) is 0.451. The van der Waals surface area contributed by atoms with Crippen molar-refractivity contribution >= 4 is 0 Å². The molecule has 5 heteroatoms. The van der Waals surface area contributed by atoms with Crippen molar-refractivity contribution < 1.29 is 9.26 Å². The van der Waals surface area contributed by atoms with E-state index < -0.39 is 0 Å². The molecule has 0 fully saturated rings. The molecule has 0 aliphatic carbocycles. The molecule has 1 aromatic carbocycles. The fourth-order valence-corrected chi connectivity index (χ4v) is 2.11. The van der Waals surface area contributed by atoms with Gasteiger partial charge in [0.1, 0.15) is 24.1 Å². The Morgan fingerprint density at radius 3 is 2.68 bits per heavy atom. The predicted octanol–water partition coefficient (Wildman–Crippen LogP) is 3.75. The van der Waals surface area contributed by atoms with E-state index in [0.717, 1.165) is 16.8 Å². The normalized spacial score (nSPS) is 11.6. The third-order valence-electron chi connectivity index (χ3n) is 3.25. The largest absolute Gasteiger partial charge is 0.470 e. The summed E-state index contributed by atoms with van der Waals surface area (Å²) in [4.78, 5) is 4.11. The van der Waals surface area contributed by atoms with E-state index in [2.05, 4.69) is 10.1 Å². The highest BCUT2D eigenvalue weighted by Crippen LogP contribution is 2.29. The van der Waals surface area contributed by atoms with E-state index in [-0.39, 0.29) is 6.10 Å². The minimum Gasteiger partial charge on any atom is -0.470 e. The minimum absolute atomic E-state index is 0.276. The molecule has 2 heterocycles. The Bertz CT molecular complexity index is 789. The number of benzene rings is 1. The SMILES string of the molecule is C[C@H](Oc1ccc(C#N)cn1)c1conc1-c1ccccc1. The van der Waals surface area contributed by atoms with E-state index in [9.17, 15) is 0 Å². The zero-order chi connectivity index (χ0) is 15.4. The van der Waals surface area contributed by atoms with Gasteiger partial charge in [0.15, 0.2) is 0 Å². The molecule has 5 nitrogen and oxygen atoms in total. The molecular weight excluding hydrogens is 278 g/mol. The monoisotopic (exact) mass is 291 g/mol. The van der Waals surface area contributed by atoms with Gasteiger partial charge in [-0.05, 0) is 13.0 Å². The van der Waals surface area contributed by atoms with Gasteiger partial charge in [0.2, 0.25) is 5.88 Å². The Morgan fingerprint density at radius 2 is 2.00 bits per heavy atom. The summed E-state index contributed by atoms with van der Waals surface area (Å²) in [7, 11) is 0. The van der Waals surface area contributed by atoms with Crippen LogP contribution in [0.1, 0.15) is 24.2 Å². The van der Waals surface area contributed by atoms with Gasteiger partial charge < -0.3 is 9.26 Å². The van der Waals surface area contributed by atoms with Crippen LogP contribution in [0, 0.1) is 11.3 Å². The van der Waals surface area contributed by atoms with Gasteiger partial charge in [0.05, 0.1) is 11.1 Å². The maximum Gasteiger partial charge on any atom is 0.213 e. The van der Waals surface area contributed by atoms with Gasteiger partial charge >= 0.3 is 0 Å². The van der Waals surface area contributed by atoms with E-state index in [1.54, 1.807) is 18.4 Å². The number of hydrogen-bond acceptors (Lipinski definition) is 5. The Balaban J connectivity index is 1.82. The van der Waals surface area contributed by atoms with Crippen LogP contribution < -0.4 is 4.74 Å². The second-order valence-electron chi connectivity index (χ2n) is 4.74. The highest BCUT2D eigenvalue weighted by molar-refractivity contribution is 5.62. The van der Waals surface area contributed by atoms with Crippen molar-refractivity contribution in [1.29, 1.82) is 5.26 Å². The molecule has 0 bridgehead atoms. The van der Waals surface area contributed by atoms with Crippen LogP contribution in [0.3, 0.4) is 0 Å². The van der Waals surface area contributed by atoms with Gasteiger partial charge in [0.25, 0.3) is 0 Å². The van der Waals surface area contributed by atoms with Crippen molar-refractivity contribution in [3.05, 3.63) is 66.1 Å². The summed E-state index contributed by atoms with van der Waals surface area (Å²) in [6.45, 7) is 1.90. The summed E-state index contributed by atoms with van der Waals surface area (Å²) in [6.07, 6.45) is 2.78. The number of rotatable bonds is 4. The molecule has 0 aliphatic heterocycles. The highest BCUT2D eigenvalue weighted by Gasteiger charge is 2.18. The molecule has 0 spiro atoms. The first-order chi connectivity index (χ1) is 10.8. The molecular formula is C17H13N3O2. The molecule has 0 saturated carbocycles. The molecule has 0 N–H and O–H groups in total. The van der Waals surface area contributed by atoms with E-state index >= 15 is 0 Å². The predicted molar refractivity (Wildman–Crippen MR) is 79.9 cm³/mol. The van der Waals surface area contributed by atoms with Gasteiger partial charge in [-0.3, -0.25) is 0 Å². The lowest BCUT2D eigenvalue weighted by Crippen LogP contribution is -2.04. The number of hydrogen-bond donors (Lipinski definition) is 0. The average molecular weight is 291 g/mol. The molecule has 2 aromatic heterocycles. The standard InChI is InChI=1S/C17H13N3O2/c1-12(22-16-8-7-13(9-18)10-19-16)15-11-21-20-17(15)14-5-3-2-4-6-14/h2-8,10-12H,1H3/t12-/m0/s1. The average Bonchev–Trinajstić information content (AvgIpc) is 3.06.